The highest BCUT2D eigenvalue weighted by atomic mass is 32.2. The van der Waals surface area contributed by atoms with Gasteiger partial charge in [-0.05, 0) is 19.8 Å². The van der Waals surface area contributed by atoms with E-state index < -0.39 is 10.0 Å². The average molecular weight is 271 g/mol. The van der Waals surface area contributed by atoms with Crippen LogP contribution in [-0.2, 0) is 17.1 Å². The van der Waals surface area contributed by atoms with E-state index in [9.17, 15) is 8.42 Å². The lowest BCUT2D eigenvalue weighted by atomic mass is 10.1. The van der Waals surface area contributed by atoms with Gasteiger partial charge in [0.15, 0.2) is 0 Å². The summed E-state index contributed by atoms with van der Waals surface area (Å²) in [6.45, 7) is 1.77. The fourth-order valence-corrected chi connectivity index (χ4v) is 3.93. The summed E-state index contributed by atoms with van der Waals surface area (Å²) in [6, 6.07) is 0.0807. The summed E-state index contributed by atoms with van der Waals surface area (Å²) in [6.07, 6.45) is 7.96. The van der Waals surface area contributed by atoms with E-state index in [0.717, 1.165) is 25.7 Å². The molecule has 102 valence electrons. The first-order valence-corrected chi connectivity index (χ1v) is 8.00. The van der Waals surface area contributed by atoms with Crippen LogP contribution in [0, 0.1) is 6.92 Å². The molecule has 0 radical (unpaired) electrons. The molecular weight excluding hydrogens is 250 g/mol. The normalized spacial score (nSPS) is 18.8. The summed E-state index contributed by atoms with van der Waals surface area (Å²) < 4.78 is 29.0. The van der Waals surface area contributed by atoms with Crippen LogP contribution in [0.15, 0.2) is 11.1 Å². The Balaban J connectivity index is 2.14. The van der Waals surface area contributed by atoms with Gasteiger partial charge < -0.3 is 0 Å². The molecule has 2 rings (SSSR count). The molecule has 1 N–H and O–H groups in total. The third-order valence-electron chi connectivity index (χ3n) is 3.66. The van der Waals surface area contributed by atoms with Gasteiger partial charge >= 0.3 is 0 Å². The van der Waals surface area contributed by atoms with Gasteiger partial charge in [-0.25, -0.2) is 13.1 Å². The number of nitrogens with zero attached hydrogens (tertiary/aromatic N) is 2. The zero-order valence-corrected chi connectivity index (χ0v) is 11.8. The largest absolute Gasteiger partial charge is 0.272 e. The van der Waals surface area contributed by atoms with Crippen LogP contribution in [0.5, 0.6) is 0 Å². The fourth-order valence-electron chi connectivity index (χ4n) is 2.42. The lowest BCUT2D eigenvalue weighted by Crippen LogP contribution is -2.34. The molecule has 18 heavy (non-hydrogen) atoms. The Bertz CT molecular complexity index is 499. The lowest BCUT2D eigenvalue weighted by molar-refractivity contribution is 0.509. The van der Waals surface area contributed by atoms with Gasteiger partial charge in [-0.3, -0.25) is 4.68 Å². The van der Waals surface area contributed by atoms with Crippen LogP contribution < -0.4 is 4.72 Å². The standard InChI is InChI=1S/C12H21N3O2S/c1-10-12(9-13-15(10)2)18(16,17)14-11-7-5-3-4-6-8-11/h9,11,14H,3-8H2,1-2H3. The quantitative estimate of drug-likeness (QED) is 0.852. The molecular formula is C12H21N3O2S. The van der Waals surface area contributed by atoms with Gasteiger partial charge in [0.05, 0.1) is 11.9 Å². The summed E-state index contributed by atoms with van der Waals surface area (Å²) in [5, 5.41) is 3.99. The molecule has 1 aromatic rings. The molecule has 0 spiro atoms. The van der Waals surface area contributed by atoms with Crippen LogP contribution in [0.1, 0.15) is 44.2 Å². The molecule has 1 aliphatic rings. The van der Waals surface area contributed by atoms with E-state index in [1.807, 2.05) is 0 Å². The van der Waals surface area contributed by atoms with Crippen molar-refractivity contribution in [2.24, 2.45) is 7.05 Å². The van der Waals surface area contributed by atoms with Crippen LogP contribution in [0.25, 0.3) is 0 Å². The molecule has 0 unspecified atom stereocenters. The molecule has 6 heteroatoms. The molecule has 0 bridgehead atoms. The van der Waals surface area contributed by atoms with Crippen molar-refractivity contribution >= 4 is 10.0 Å². The van der Waals surface area contributed by atoms with E-state index in [1.165, 1.54) is 19.0 Å². The number of aromatic nitrogens is 2. The zero-order chi connectivity index (χ0) is 13.2. The summed E-state index contributed by atoms with van der Waals surface area (Å²) >= 11 is 0. The number of hydrogen-bond donors (Lipinski definition) is 1. The molecule has 5 nitrogen and oxygen atoms in total. The Kier molecular flexibility index (Phi) is 4.07. The third-order valence-corrected chi connectivity index (χ3v) is 5.28. The number of sulfonamides is 1. The Morgan fingerprint density at radius 3 is 2.39 bits per heavy atom. The topological polar surface area (TPSA) is 64.0 Å². The number of rotatable bonds is 3. The van der Waals surface area contributed by atoms with Crippen molar-refractivity contribution in [2.45, 2.75) is 56.4 Å². The van der Waals surface area contributed by atoms with E-state index in [4.69, 9.17) is 0 Å². The van der Waals surface area contributed by atoms with Crippen LogP contribution >= 0.6 is 0 Å². The molecule has 1 saturated carbocycles. The second kappa shape index (κ2) is 5.40. The summed E-state index contributed by atoms with van der Waals surface area (Å²) in [4.78, 5) is 0.300. The average Bonchev–Trinajstić information content (AvgIpc) is 2.54. The maximum absolute atomic E-state index is 12.3. The van der Waals surface area contributed by atoms with Crippen molar-refractivity contribution in [1.82, 2.24) is 14.5 Å². The van der Waals surface area contributed by atoms with Gasteiger partial charge in [0.1, 0.15) is 4.90 Å². The highest BCUT2D eigenvalue weighted by Crippen LogP contribution is 2.20. The van der Waals surface area contributed by atoms with E-state index in [-0.39, 0.29) is 6.04 Å². The number of nitrogens with one attached hydrogen (secondary N) is 1. The van der Waals surface area contributed by atoms with Gasteiger partial charge in [0.2, 0.25) is 10.0 Å². The van der Waals surface area contributed by atoms with Crippen LogP contribution in [0.2, 0.25) is 0 Å². The van der Waals surface area contributed by atoms with Gasteiger partial charge in [-0.15, -0.1) is 0 Å². The zero-order valence-electron chi connectivity index (χ0n) is 11.0. The first-order valence-electron chi connectivity index (χ1n) is 6.51. The van der Waals surface area contributed by atoms with E-state index in [0.29, 0.717) is 10.6 Å². The Morgan fingerprint density at radius 2 is 1.89 bits per heavy atom. The molecule has 1 fully saturated rings. The number of hydrogen-bond acceptors (Lipinski definition) is 3. The Hall–Kier alpha value is -0.880. The van der Waals surface area contributed by atoms with Crippen molar-refractivity contribution < 1.29 is 8.42 Å². The van der Waals surface area contributed by atoms with Gasteiger partial charge in [0.25, 0.3) is 0 Å². The minimum Gasteiger partial charge on any atom is -0.272 e. The number of aryl methyl sites for hydroxylation is 1. The van der Waals surface area contributed by atoms with Gasteiger partial charge in [-0.1, -0.05) is 25.7 Å². The van der Waals surface area contributed by atoms with E-state index >= 15 is 0 Å². The van der Waals surface area contributed by atoms with Crippen molar-refractivity contribution in [3.63, 3.8) is 0 Å². The van der Waals surface area contributed by atoms with Crippen LogP contribution in [0.4, 0.5) is 0 Å². The predicted octanol–water partition coefficient (Wildman–Crippen LogP) is 1.73. The third kappa shape index (κ3) is 2.92. The molecule has 0 aromatic carbocycles. The fraction of sp³-hybridized carbons (Fsp3) is 0.750. The minimum absolute atomic E-state index is 0.0807. The first kappa shape index (κ1) is 13.5. The Labute approximate surface area is 109 Å². The second-order valence-electron chi connectivity index (χ2n) is 5.03. The second-order valence-corrected chi connectivity index (χ2v) is 6.71. The lowest BCUT2D eigenvalue weighted by Gasteiger charge is -2.16. The summed E-state index contributed by atoms with van der Waals surface area (Å²) in [5.74, 6) is 0. The molecule has 1 aliphatic carbocycles. The van der Waals surface area contributed by atoms with Crippen LogP contribution in [-0.4, -0.2) is 24.2 Å². The van der Waals surface area contributed by atoms with Crippen molar-refractivity contribution in [2.75, 3.05) is 0 Å². The highest BCUT2D eigenvalue weighted by molar-refractivity contribution is 7.89. The molecule has 0 atom stereocenters. The molecule has 0 aliphatic heterocycles. The smallest absolute Gasteiger partial charge is 0.244 e. The Morgan fingerprint density at radius 1 is 1.28 bits per heavy atom. The van der Waals surface area contributed by atoms with Crippen molar-refractivity contribution in [3.8, 4) is 0 Å². The molecule has 1 aromatic heterocycles. The predicted molar refractivity (Wildman–Crippen MR) is 69.8 cm³/mol. The molecule has 0 saturated heterocycles. The molecule has 0 amide bonds. The monoisotopic (exact) mass is 271 g/mol. The summed E-state index contributed by atoms with van der Waals surface area (Å²) in [5.41, 5.74) is 0.677. The molecule has 1 heterocycles. The van der Waals surface area contributed by atoms with Crippen LogP contribution in [0.3, 0.4) is 0 Å². The SMILES string of the molecule is Cc1c(S(=O)(=O)NC2CCCCCC2)cnn1C. The maximum Gasteiger partial charge on any atom is 0.244 e. The van der Waals surface area contributed by atoms with Crippen molar-refractivity contribution in [3.05, 3.63) is 11.9 Å². The van der Waals surface area contributed by atoms with Gasteiger partial charge in [0, 0.05) is 13.1 Å². The summed E-state index contributed by atoms with van der Waals surface area (Å²) in [7, 11) is -1.67. The first-order chi connectivity index (χ1) is 8.50. The van der Waals surface area contributed by atoms with Crippen molar-refractivity contribution in [1.29, 1.82) is 0 Å². The van der Waals surface area contributed by atoms with Gasteiger partial charge in [-0.2, -0.15) is 5.10 Å². The highest BCUT2D eigenvalue weighted by Gasteiger charge is 2.24. The van der Waals surface area contributed by atoms with E-state index in [2.05, 4.69) is 9.82 Å². The minimum atomic E-state index is -3.42. The van der Waals surface area contributed by atoms with E-state index in [1.54, 1.807) is 18.7 Å². The maximum atomic E-state index is 12.3.